The van der Waals surface area contributed by atoms with Crippen molar-refractivity contribution < 1.29 is 17.9 Å². The number of anilines is 1. The van der Waals surface area contributed by atoms with Crippen LogP contribution in [-0.4, -0.2) is 42.6 Å². The van der Waals surface area contributed by atoms with Crippen LogP contribution in [0.5, 0.6) is 5.75 Å². The molecule has 2 aromatic carbocycles. The molecule has 1 unspecified atom stereocenters. The van der Waals surface area contributed by atoms with E-state index in [1.807, 2.05) is 48.5 Å². The number of alkyl halides is 3. The van der Waals surface area contributed by atoms with Gasteiger partial charge in [0.05, 0.1) is 5.56 Å². The van der Waals surface area contributed by atoms with Gasteiger partial charge < -0.3 is 9.64 Å². The lowest BCUT2D eigenvalue weighted by Crippen LogP contribution is -2.48. The van der Waals surface area contributed by atoms with Gasteiger partial charge in [0, 0.05) is 38.9 Å². The first-order valence-electron chi connectivity index (χ1n) is 10.3. The van der Waals surface area contributed by atoms with Crippen LogP contribution >= 0.6 is 0 Å². The molecule has 0 bridgehead atoms. The predicted octanol–water partition coefficient (Wildman–Crippen LogP) is 5.04. The molecule has 0 radical (unpaired) electrons. The lowest BCUT2D eigenvalue weighted by atomic mass is 10.1. The topological polar surface area (TPSA) is 28.6 Å². The van der Waals surface area contributed by atoms with Crippen LogP contribution in [0.25, 0.3) is 0 Å². The Bertz CT molecular complexity index is 941. The molecule has 2 heterocycles. The van der Waals surface area contributed by atoms with Gasteiger partial charge in [-0.1, -0.05) is 36.4 Å². The zero-order valence-electron chi connectivity index (χ0n) is 17.0. The van der Waals surface area contributed by atoms with Gasteiger partial charge in [0.1, 0.15) is 17.7 Å². The lowest BCUT2D eigenvalue weighted by molar-refractivity contribution is -0.137. The Morgan fingerprint density at radius 2 is 1.52 bits per heavy atom. The van der Waals surface area contributed by atoms with Gasteiger partial charge in [0.2, 0.25) is 0 Å². The van der Waals surface area contributed by atoms with Gasteiger partial charge >= 0.3 is 6.18 Å². The molecule has 3 aromatic rings. The number of rotatable bonds is 6. The summed E-state index contributed by atoms with van der Waals surface area (Å²) < 4.78 is 44.7. The number of piperazine rings is 1. The number of nitrogens with zero attached hydrogens (tertiary/aromatic N) is 3. The standard InChI is InChI=1S/C24H24F3N3O/c25-24(26,27)20-9-11-21(12-10-20)31-22(19-6-2-1-3-7-19)18-29-14-16-30(17-15-29)23-8-4-5-13-28-23/h1-13,22H,14-18H2. The Morgan fingerprint density at radius 3 is 2.13 bits per heavy atom. The maximum Gasteiger partial charge on any atom is 0.416 e. The molecule has 1 aliphatic heterocycles. The van der Waals surface area contributed by atoms with Crippen molar-refractivity contribution in [2.24, 2.45) is 0 Å². The number of pyridine rings is 1. The van der Waals surface area contributed by atoms with Crippen molar-refractivity contribution in [1.29, 1.82) is 0 Å². The van der Waals surface area contributed by atoms with E-state index in [4.69, 9.17) is 4.74 Å². The van der Waals surface area contributed by atoms with Gasteiger partial charge in [-0.15, -0.1) is 0 Å². The number of aromatic nitrogens is 1. The third-order valence-corrected chi connectivity index (χ3v) is 5.40. The van der Waals surface area contributed by atoms with Gasteiger partial charge in [-0.05, 0) is 42.0 Å². The van der Waals surface area contributed by atoms with E-state index in [-0.39, 0.29) is 6.10 Å². The second-order valence-corrected chi connectivity index (χ2v) is 7.51. The van der Waals surface area contributed by atoms with Crippen LogP contribution in [0, 0.1) is 0 Å². The summed E-state index contributed by atoms with van der Waals surface area (Å²) in [4.78, 5) is 8.99. The van der Waals surface area contributed by atoms with Crippen LogP contribution < -0.4 is 9.64 Å². The Morgan fingerprint density at radius 1 is 0.839 bits per heavy atom. The number of hydrogen-bond acceptors (Lipinski definition) is 4. The lowest BCUT2D eigenvalue weighted by Gasteiger charge is -2.37. The molecule has 0 amide bonds. The van der Waals surface area contributed by atoms with Crippen molar-refractivity contribution in [1.82, 2.24) is 9.88 Å². The fraction of sp³-hybridized carbons (Fsp3) is 0.292. The van der Waals surface area contributed by atoms with Crippen molar-refractivity contribution in [3.63, 3.8) is 0 Å². The van der Waals surface area contributed by atoms with Crippen LogP contribution in [0.4, 0.5) is 19.0 Å². The van der Waals surface area contributed by atoms with Gasteiger partial charge in [-0.2, -0.15) is 13.2 Å². The molecular weight excluding hydrogens is 403 g/mol. The maximum atomic E-state index is 12.9. The monoisotopic (exact) mass is 427 g/mol. The minimum Gasteiger partial charge on any atom is -0.484 e. The highest BCUT2D eigenvalue weighted by atomic mass is 19.4. The van der Waals surface area contributed by atoms with Crippen molar-refractivity contribution in [2.75, 3.05) is 37.6 Å². The van der Waals surface area contributed by atoms with Crippen molar-refractivity contribution >= 4 is 5.82 Å². The molecule has 7 heteroatoms. The number of halogens is 3. The summed E-state index contributed by atoms with van der Waals surface area (Å²) in [7, 11) is 0. The normalized spacial score (nSPS) is 16.2. The highest BCUT2D eigenvalue weighted by molar-refractivity contribution is 5.38. The highest BCUT2D eigenvalue weighted by Crippen LogP contribution is 2.31. The van der Waals surface area contributed by atoms with E-state index in [0.717, 1.165) is 49.7 Å². The molecular formula is C24H24F3N3O. The van der Waals surface area contributed by atoms with Crippen molar-refractivity contribution in [2.45, 2.75) is 12.3 Å². The second-order valence-electron chi connectivity index (χ2n) is 7.51. The molecule has 1 fully saturated rings. The smallest absolute Gasteiger partial charge is 0.416 e. The highest BCUT2D eigenvalue weighted by Gasteiger charge is 2.30. The predicted molar refractivity (Wildman–Crippen MR) is 114 cm³/mol. The van der Waals surface area contributed by atoms with Crippen LogP contribution in [-0.2, 0) is 6.18 Å². The van der Waals surface area contributed by atoms with E-state index in [2.05, 4.69) is 14.8 Å². The van der Waals surface area contributed by atoms with Crippen molar-refractivity contribution in [3.8, 4) is 5.75 Å². The van der Waals surface area contributed by atoms with Crippen LogP contribution in [0.2, 0.25) is 0 Å². The summed E-state index contributed by atoms with van der Waals surface area (Å²) in [5.41, 5.74) is 0.316. The number of benzene rings is 2. The van der Waals surface area contributed by atoms with E-state index < -0.39 is 11.7 Å². The summed E-state index contributed by atoms with van der Waals surface area (Å²) >= 11 is 0. The number of ether oxygens (including phenoxy) is 1. The summed E-state index contributed by atoms with van der Waals surface area (Å²) in [5.74, 6) is 1.40. The molecule has 162 valence electrons. The van der Waals surface area contributed by atoms with Gasteiger partial charge in [0.15, 0.2) is 0 Å². The molecule has 1 saturated heterocycles. The Kier molecular flexibility index (Phi) is 6.42. The molecule has 0 spiro atoms. The Balaban J connectivity index is 1.43. The van der Waals surface area contributed by atoms with Crippen LogP contribution in [0.15, 0.2) is 79.0 Å². The Hall–Kier alpha value is -3.06. The molecule has 4 nitrogen and oxygen atoms in total. The quantitative estimate of drug-likeness (QED) is 0.551. The molecule has 31 heavy (non-hydrogen) atoms. The first-order chi connectivity index (χ1) is 15.0. The minimum atomic E-state index is -4.36. The fourth-order valence-electron chi connectivity index (χ4n) is 3.70. The van der Waals surface area contributed by atoms with E-state index >= 15 is 0 Å². The molecule has 1 aromatic heterocycles. The average Bonchev–Trinajstić information content (AvgIpc) is 2.80. The van der Waals surface area contributed by atoms with Gasteiger partial charge in [-0.3, -0.25) is 4.90 Å². The maximum absolute atomic E-state index is 12.9. The number of hydrogen-bond donors (Lipinski definition) is 0. The first kappa shape index (κ1) is 21.2. The molecule has 4 rings (SSSR count). The fourth-order valence-corrected chi connectivity index (χ4v) is 3.70. The largest absolute Gasteiger partial charge is 0.484 e. The third-order valence-electron chi connectivity index (χ3n) is 5.40. The molecule has 0 saturated carbocycles. The summed E-state index contributed by atoms with van der Waals surface area (Å²) in [6.07, 6.45) is -2.84. The van der Waals surface area contributed by atoms with Crippen LogP contribution in [0.3, 0.4) is 0 Å². The van der Waals surface area contributed by atoms with Crippen molar-refractivity contribution in [3.05, 3.63) is 90.1 Å². The minimum absolute atomic E-state index is 0.278. The van der Waals surface area contributed by atoms with Gasteiger partial charge in [0.25, 0.3) is 0 Å². The van der Waals surface area contributed by atoms with Crippen LogP contribution in [0.1, 0.15) is 17.2 Å². The van der Waals surface area contributed by atoms with Gasteiger partial charge in [-0.25, -0.2) is 4.98 Å². The summed E-state index contributed by atoms with van der Waals surface area (Å²) in [6, 6.07) is 20.6. The van der Waals surface area contributed by atoms with E-state index in [0.29, 0.717) is 12.3 Å². The summed E-state index contributed by atoms with van der Waals surface area (Å²) in [6.45, 7) is 4.09. The van der Waals surface area contributed by atoms with E-state index in [9.17, 15) is 13.2 Å². The zero-order chi connectivity index (χ0) is 21.7. The molecule has 1 atom stereocenters. The SMILES string of the molecule is FC(F)(F)c1ccc(OC(CN2CCN(c3ccccn3)CC2)c2ccccc2)cc1. The third kappa shape index (κ3) is 5.55. The second kappa shape index (κ2) is 9.39. The first-order valence-corrected chi connectivity index (χ1v) is 10.3. The molecule has 0 N–H and O–H groups in total. The van der Waals surface area contributed by atoms with E-state index in [1.54, 1.807) is 6.20 Å². The molecule has 1 aliphatic rings. The average molecular weight is 427 g/mol. The molecule has 0 aliphatic carbocycles. The zero-order valence-corrected chi connectivity index (χ0v) is 17.0. The Labute approximate surface area is 179 Å². The van der Waals surface area contributed by atoms with E-state index in [1.165, 1.54) is 12.1 Å². The summed E-state index contributed by atoms with van der Waals surface area (Å²) in [5, 5.41) is 0.